The quantitative estimate of drug-likeness (QED) is 0.471. The van der Waals surface area contributed by atoms with Crippen LogP contribution in [-0.4, -0.2) is 11.9 Å². The van der Waals surface area contributed by atoms with Gasteiger partial charge in [0.15, 0.2) is 0 Å². The molecule has 0 spiro atoms. The van der Waals surface area contributed by atoms with Gasteiger partial charge in [-0.2, -0.15) is 0 Å². The van der Waals surface area contributed by atoms with Gasteiger partial charge in [-0.15, -0.1) is 11.8 Å². The SMILES string of the molecule is CCC(=O)OCSCc1ccc(Br)cc1. The van der Waals surface area contributed by atoms with Crippen LogP contribution in [0, 0.1) is 0 Å². The molecule has 1 aromatic carbocycles. The minimum absolute atomic E-state index is 0.140. The molecule has 0 aliphatic heterocycles. The van der Waals surface area contributed by atoms with E-state index < -0.39 is 0 Å². The van der Waals surface area contributed by atoms with E-state index in [2.05, 4.69) is 28.1 Å². The van der Waals surface area contributed by atoms with Gasteiger partial charge in [-0.3, -0.25) is 4.79 Å². The van der Waals surface area contributed by atoms with Crippen LogP contribution in [0.15, 0.2) is 28.7 Å². The van der Waals surface area contributed by atoms with Gasteiger partial charge in [0.1, 0.15) is 5.94 Å². The smallest absolute Gasteiger partial charge is 0.306 e. The van der Waals surface area contributed by atoms with E-state index in [-0.39, 0.29) is 5.97 Å². The van der Waals surface area contributed by atoms with E-state index in [0.717, 1.165) is 10.2 Å². The Bertz CT molecular complexity index is 311. The van der Waals surface area contributed by atoms with Crippen LogP contribution in [0.25, 0.3) is 0 Å². The molecule has 0 saturated heterocycles. The summed E-state index contributed by atoms with van der Waals surface area (Å²) in [5, 5.41) is 0. The lowest BCUT2D eigenvalue weighted by molar-refractivity contribution is -0.140. The first-order chi connectivity index (χ1) is 7.22. The Hall–Kier alpha value is -0.480. The summed E-state index contributed by atoms with van der Waals surface area (Å²) in [4.78, 5) is 10.8. The van der Waals surface area contributed by atoms with Crippen molar-refractivity contribution in [3.63, 3.8) is 0 Å². The largest absolute Gasteiger partial charge is 0.455 e. The number of hydrogen-bond acceptors (Lipinski definition) is 3. The highest BCUT2D eigenvalue weighted by Crippen LogP contribution is 2.15. The van der Waals surface area contributed by atoms with E-state index in [1.165, 1.54) is 5.56 Å². The molecule has 0 fully saturated rings. The fourth-order valence-electron chi connectivity index (χ4n) is 0.950. The average Bonchev–Trinajstić information content (AvgIpc) is 2.26. The van der Waals surface area contributed by atoms with Crippen molar-refractivity contribution in [2.24, 2.45) is 0 Å². The summed E-state index contributed by atoms with van der Waals surface area (Å²) in [6, 6.07) is 8.12. The number of esters is 1. The molecule has 0 aliphatic carbocycles. The second kappa shape index (κ2) is 6.90. The van der Waals surface area contributed by atoms with Crippen LogP contribution in [0.2, 0.25) is 0 Å². The monoisotopic (exact) mass is 288 g/mol. The normalized spacial score (nSPS) is 10.0. The van der Waals surface area contributed by atoms with E-state index in [1.807, 2.05) is 12.1 Å². The molecule has 0 amide bonds. The van der Waals surface area contributed by atoms with Gasteiger partial charge in [-0.25, -0.2) is 0 Å². The summed E-state index contributed by atoms with van der Waals surface area (Å²) in [5.74, 6) is 1.16. The predicted molar refractivity (Wildman–Crippen MR) is 66.7 cm³/mol. The van der Waals surface area contributed by atoms with Crippen LogP contribution in [0.4, 0.5) is 0 Å². The third-order valence-corrected chi connectivity index (χ3v) is 3.12. The van der Waals surface area contributed by atoms with Gasteiger partial charge >= 0.3 is 5.97 Å². The molecular formula is C11H13BrO2S. The van der Waals surface area contributed by atoms with Gasteiger partial charge in [0.2, 0.25) is 0 Å². The third kappa shape index (κ3) is 5.23. The topological polar surface area (TPSA) is 26.3 Å². The molecule has 0 aliphatic rings. The molecule has 4 heteroatoms. The van der Waals surface area contributed by atoms with Crippen LogP contribution in [0.1, 0.15) is 18.9 Å². The minimum atomic E-state index is -0.140. The number of thioether (sulfide) groups is 1. The lowest BCUT2D eigenvalue weighted by Crippen LogP contribution is -2.01. The first kappa shape index (κ1) is 12.6. The van der Waals surface area contributed by atoms with Gasteiger partial charge in [-0.1, -0.05) is 35.0 Å². The van der Waals surface area contributed by atoms with Crippen molar-refractivity contribution in [1.82, 2.24) is 0 Å². The number of hydrogen-bond donors (Lipinski definition) is 0. The zero-order chi connectivity index (χ0) is 11.1. The highest BCUT2D eigenvalue weighted by atomic mass is 79.9. The second-order valence-electron chi connectivity index (χ2n) is 2.96. The lowest BCUT2D eigenvalue weighted by atomic mass is 10.2. The number of carbonyl (C=O) groups excluding carboxylic acids is 1. The Morgan fingerprint density at radius 3 is 2.67 bits per heavy atom. The zero-order valence-electron chi connectivity index (χ0n) is 8.53. The summed E-state index contributed by atoms with van der Waals surface area (Å²) in [6.07, 6.45) is 0.443. The molecule has 15 heavy (non-hydrogen) atoms. The van der Waals surface area contributed by atoms with Crippen LogP contribution in [0.3, 0.4) is 0 Å². The van der Waals surface area contributed by atoms with Gasteiger partial charge < -0.3 is 4.74 Å². The third-order valence-electron chi connectivity index (χ3n) is 1.77. The van der Waals surface area contributed by atoms with Crippen molar-refractivity contribution in [2.45, 2.75) is 19.1 Å². The van der Waals surface area contributed by atoms with Crippen LogP contribution in [0.5, 0.6) is 0 Å². The Morgan fingerprint density at radius 1 is 1.40 bits per heavy atom. The molecule has 0 radical (unpaired) electrons. The molecule has 0 atom stereocenters. The van der Waals surface area contributed by atoms with Crippen molar-refractivity contribution in [3.05, 3.63) is 34.3 Å². The minimum Gasteiger partial charge on any atom is -0.455 e. The Kier molecular flexibility index (Phi) is 5.79. The van der Waals surface area contributed by atoms with E-state index in [9.17, 15) is 4.79 Å². The Balaban J connectivity index is 2.20. The number of carbonyl (C=O) groups is 1. The Labute approximate surface area is 103 Å². The molecule has 2 nitrogen and oxygen atoms in total. The van der Waals surface area contributed by atoms with Crippen LogP contribution in [-0.2, 0) is 15.3 Å². The molecular weight excluding hydrogens is 276 g/mol. The van der Waals surface area contributed by atoms with E-state index in [1.54, 1.807) is 18.7 Å². The molecule has 1 aromatic rings. The number of benzene rings is 1. The van der Waals surface area contributed by atoms with Crippen molar-refractivity contribution in [3.8, 4) is 0 Å². The summed E-state index contributed by atoms with van der Waals surface area (Å²) in [7, 11) is 0. The van der Waals surface area contributed by atoms with Crippen molar-refractivity contribution >= 4 is 33.7 Å². The second-order valence-corrected chi connectivity index (χ2v) is 4.81. The first-order valence-corrected chi connectivity index (χ1v) is 6.65. The highest BCUT2D eigenvalue weighted by molar-refractivity contribution is 9.10. The molecule has 0 unspecified atom stereocenters. The molecule has 0 aromatic heterocycles. The van der Waals surface area contributed by atoms with Gasteiger partial charge in [0.25, 0.3) is 0 Å². The molecule has 0 saturated carbocycles. The number of ether oxygens (including phenoxy) is 1. The molecule has 0 N–H and O–H groups in total. The Morgan fingerprint density at radius 2 is 2.07 bits per heavy atom. The van der Waals surface area contributed by atoms with Gasteiger partial charge in [-0.05, 0) is 17.7 Å². The summed E-state index contributed by atoms with van der Waals surface area (Å²) in [5.41, 5.74) is 1.23. The van der Waals surface area contributed by atoms with Crippen molar-refractivity contribution < 1.29 is 9.53 Å². The maximum absolute atomic E-state index is 10.8. The number of rotatable bonds is 5. The molecule has 1 rings (SSSR count). The van der Waals surface area contributed by atoms with Gasteiger partial charge in [0.05, 0.1) is 0 Å². The van der Waals surface area contributed by atoms with E-state index in [0.29, 0.717) is 12.4 Å². The lowest BCUT2D eigenvalue weighted by Gasteiger charge is -2.03. The average molecular weight is 289 g/mol. The molecule has 0 bridgehead atoms. The van der Waals surface area contributed by atoms with Crippen molar-refractivity contribution in [1.29, 1.82) is 0 Å². The van der Waals surface area contributed by atoms with Crippen LogP contribution < -0.4 is 0 Å². The maximum atomic E-state index is 10.8. The zero-order valence-corrected chi connectivity index (χ0v) is 10.9. The van der Waals surface area contributed by atoms with Crippen LogP contribution >= 0.6 is 27.7 Å². The summed E-state index contributed by atoms with van der Waals surface area (Å²) >= 11 is 4.98. The van der Waals surface area contributed by atoms with E-state index >= 15 is 0 Å². The van der Waals surface area contributed by atoms with E-state index in [4.69, 9.17) is 4.74 Å². The van der Waals surface area contributed by atoms with Gasteiger partial charge in [0, 0.05) is 16.6 Å². The molecule has 82 valence electrons. The predicted octanol–water partition coefficient (Wildman–Crippen LogP) is 3.59. The number of halogens is 1. The fourth-order valence-corrected chi connectivity index (χ4v) is 1.94. The summed E-state index contributed by atoms with van der Waals surface area (Å²) in [6.45, 7) is 1.79. The fraction of sp³-hybridized carbons (Fsp3) is 0.364. The summed E-state index contributed by atoms with van der Waals surface area (Å²) < 4.78 is 6.03. The maximum Gasteiger partial charge on any atom is 0.306 e. The highest BCUT2D eigenvalue weighted by Gasteiger charge is 1.98. The molecule has 0 heterocycles. The van der Waals surface area contributed by atoms with Crippen molar-refractivity contribution in [2.75, 3.05) is 5.94 Å². The first-order valence-electron chi connectivity index (χ1n) is 4.70. The standard InChI is InChI=1S/C11H13BrO2S/c1-2-11(13)14-8-15-7-9-3-5-10(12)6-4-9/h3-6H,2,7-8H2,1H3.